The molecule has 0 radical (unpaired) electrons. The molecule has 8 unspecified atom stereocenters. The highest BCUT2D eigenvalue weighted by atomic mass is 28.4. The van der Waals surface area contributed by atoms with Crippen LogP contribution in [0.5, 0.6) is 0 Å². The second kappa shape index (κ2) is 20.1. The molecule has 8 heteroatoms. The lowest BCUT2D eigenvalue weighted by Crippen LogP contribution is -2.50. The van der Waals surface area contributed by atoms with Gasteiger partial charge in [-0.2, -0.15) is 0 Å². The predicted molar refractivity (Wildman–Crippen MR) is 223 cm³/mol. The summed E-state index contributed by atoms with van der Waals surface area (Å²) in [5.41, 5.74) is 6.90. The Hall–Kier alpha value is -1.75. The minimum Gasteiger partial charge on any atom is -0.445 e. The zero-order valence-corrected chi connectivity index (χ0v) is 37.7. The van der Waals surface area contributed by atoms with Crippen LogP contribution in [0.2, 0.25) is 36.3 Å². The zero-order chi connectivity index (χ0) is 39.5. The minimum atomic E-state index is -2.21. The SMILES string of the molecule is C=CC=CC(C)C(OC(N)=O)C(C)C(O[Si](C)(C)C(C)(C)C)C(C)CC(C)=CC(C)C(O[Si](C)(C)C(C)(C)C)C(C)C=CC(=O)CC1CCCC1. The monoisotopic (exact) mass is 746 g/mol. The molecule has 1 amide bonds. The summed E-state index contributed by atoms with van der Waals surface area (Å²) in [7, 11) is -4.32. The van der Waals surface area contributed by atoms with E-state index in [4.69, 9.17) is 19.3 Å². The Bertz CT molecular complexity index is 1200. The Morgan fingerprint density at radius 1 is 0.804 bits per heavy atom. The molecule has 0 aromatic rings. The summed E-state index contributed by atoms with van der Waals surface area (Å²) in [5.74, 6) is 0.934. The van der Waals surface area contributed by atoms with Crippen molar-refractivity contribution in [2.75, 3.05) is 0 Å². The fourth-order valence-corrected chi connectivity index (χ4v) is 9.96. The van der Waals surface area contributed by atoms with Gasteiger partial charge in [0, 0.05) is 18.3 Å². The van der Waals surface area contributed by atoms with E-state index >= 15 is 0 Å². The lowest BCUT2D eigenvalue weighted by atomic mass is 9.81. The van der Waals surface area contributed by atoms with E-state index in [-0.39, 0.29) is 57.7 Å². The molecule has 6 nitrogen and oxygen atoms in total. The molecular weight excluding hydrogens is 667 g/mol. The molecule has 1 aliphatic rings. The molecule has 0 saturated heterocycles. The number of rotatable bonds is 20. The first-order valence-corrected chi connectivity index (χ1v) is 25.5. The van der Waals surface area contributed by atoms with Crippen molar-refractivity contribution >= 4 is 28.5 Å². The summed E-state index contributed by atoms with van der Waals surface area (Å²) in [6.07, 6.45) is 16.8. The first-order valence-electron chi connectivity index (χ1n) is 19.7. The van der Waals surface area contributed by atoms with Gasteiger partial charge in [0.15, 0.2) is 22.4 Å². The number of ketones is 1. The van der Waals surface area contributed by atoms with Crippen molar-refractivity contribution in [2.24, 2.45) is 41.2 Å². The number of amides is 1. The molecule has 1 rings (SSSR count). The molecule has 0 aliphatic heterocycles. The maximum atomic E-state index is 12.9. The van der Waals surface area contributed by atoms with Crippen LogP contribution in [-0.2, 0) is 18.4 Å². The van der Waals surface area contributed by atoms with Crippen LogP contribution in [0, 0.1) is 35.5 Å². The summed E-state index contributed by atoms with van der Waals surface area (Å²) < 4.78 is 20.2. The molecule has 51 heavy (non-hydrogen) atoms. The highest BCUT2D eigenvalue weighted by molar-refractivity contribution is 6.74. The van der Waals surface area contributed by atoms with E-state index in [1.54, 1.807) is 6.08 Å². The van der Waals surface area contributed by atoms with E-state index in [9.17, 15) is 9.59 Å². The average Bonchev–Trinajstić information content (AvgIpc) is 3.50. The van der Waals surface area contributed by atoms with Gasteiger partial charge in [-0.05, 0) is 79.4 Å². The summed E-state index contributed by atoms with van der Waals surface area (Å²) in [5, 5.41) is 0.0703. The van der Waals surface area contributed by atoms with Gasteiger partial charge in [0.05, 0.1) is 12.2 Å². The largest absolute Gasteiger partial charge is 0.445 e. The minimum absolute atomic E-state index is 0.00886. The van der Waals surface area contributed by atoms with Gasteiger partial charge in [0.2, 0.25) is 0 Å². The Morgan fingerprint density at radius 2 is 1.29 bits per heavy atom. The van der Waals surface area contributed by atoms with Crippen LogP contribution in [0.1, 0.15) is 122 Å². The van der Waals surface area contributed by atoms with Gasteiger partial charge in [0.1, 0.15) is 6.10 Å². The van der Waals surface area contributed by atoms with E-state index < -0.39 is 28.8 Å². The number of hydrogen-bond donors (Lipinski definition) is 1. The topological polar surface area (TPSA) is 87.8 Å². The van der Waals surface area contributed by atoms with Crippen LogP contribution in [0.3, 0.4) is 0 Å². The average molecular weight is 746 g/mol. The van der Waals surface area contributed by atoms with Gasteiger partial charge in [0.25, 0.3) is 0 Å². The number of carbonyl (C=O) groups excluding carboxylic acids is 2. The molecule has 0 aromatic heterocycles. The smallest absolute Gasteiger partial charge is 0.404 e. The standard InChI is InChI=1S/C43H79NO5Si2/c1-18-19-22-31(3)39(47-41(44)46)35(7)40(49-51(16,17)43(11,12)13)34(6)28-30(2)27-33(5)38(48-50(14,15)42(8,9)10)32(4)25-26-37(45)29-36-23-20-21-24-36/h18-19,22,25-27,31-36,38-40H,1,20-21,23-24,28-29H2,2-17H3,(H2,44,46). The predicted octanol–water partition coefficient (Wildman–Crippen LogP) is 12.2. The third-order valence-electron chi connectivity index (χ3n) is 12.2. The van der Waals surface area contributed by atoms with Crippen LogP contribution >= 0.6 is 0 Å². The Balaban J connectivity index is 3.47. The van der Waals surface area contributed by atoms with Crippen LogP contribution in [0.15, 0.2) is 48.6 Å². The molecule has 8 atom stereocenters. The van der Waals surface area contributed by atoms with Gasteiger partial charge < -0.3 is 19.3 Å². The van der Waals surface area contributed by atoms with Crippen molar-refractivity contribution in [3.05, 3.63) is 48.6 Å². The normalized spacial score (nSPS) is 20.5. The fraction of sp³-hybridized carbons (Fsp3) is 0.767. The lowest BCUT2D eigenvalue weighted by molar-refractivity contribution is -0.115. The van der Waals surface area contributed by atoms with Crippen molar-refractivity contribution in [1.29, 1.82) is 0 Å². The zero-order valence-electron chi connectivity index (χ0n) is 35.7. The second-order valence-electron chi connectivity index (χ2n) is 19.0. The highest BCUT2D eigenvalue weighted by Gasteiger charge is 2.44. The summed E-state index contributed by atoms with van der Waals surface area (Å²) in [6, 6.07) is 0. The maximum absolute atomic E-state index is 12.9. The molecule has 1 saturated carbocycles. The molecule has 2 N–H and O–H groups in total. The number of nitrogens with two attached hydrogens (primary N) is 1. The lowest BCUT2D eigenvalue weighted by Gasteiger charge is -2.45. The van der Waals surface area contributed by atoms with Gasteiger partial charge in [-0.15, -0.1) is 0 Å². The molecule has 0 heterocycles. The third-order valence-corrected chi connectivity index (χ3v) is 21.1. The number of allylic oxidation sites excluding steroid dienone is 4. The van der Waals surface area contributed by atoms with Gasteiger partial charge >= 0.3 is 6.09 Å². The summed E-state index contributed by atoms with van der Waals surface area (Å²) in [6.45, 7) is 39.7. The molecule has 0 spiro atoms. The Morgan fingerprint density at radius 3 is 1.76 bits per heavy atom. The number of primary amides is 1. The van der Waals surface area contributed by atoms with Crippen LogP contribution in [0.25, 0.3) is 0 Å². The van der Waals surface area contributed by atoms with Crippen LogP contribution < -0.4 is 5.73 Å². The number of ether oxygens (including phenoxy) is 1. The molecule has 0 bridgehead atoms. The Labute approximate surface area is 316 Å². The van der Waals surface area contributed by atoms with E-state index in [0.717, 1.165) is 6.42 Å². The van der Waals surface area contributed by atoms with Gasteiger partial charge in [-0.3, -0.25) is 4.79 Å². The number of hydrogen-bond acceptors (Lipinski definition) is 5. The van der Waals surface area contributed by atoms with Crippen molar-refractivity contribution in [1.82, 2.24) is 0 Å². The van der Waals surface area contributed by atoms with E-state index in [2.05, 4.69) is 121 Å². The van der Waals surface area contributed by atoms with Crippen molar-refractivity contribution in [3.8, 4) is 0 Å². The Kier molecular flexibility index (Phi) is 18.6. The van der Waals surface area contributed by atoms with Crippen molar-refractivity contribution in [3.63, 3.8) is 0 Å². The van der Waals surface area contributed by atoms with E-state index in [0.29, 0.717) is 12.3 Å². The summed E-state index contributed by atoms with van der Waals surface area (Å²) >= 11 is 0. The van der Waals surface area contributed by atoms with Crippen LogP contribution in [0.4, 0.5) is 4.79 Å². The quantitative estimate of drug-likeness (QED) is 0.0580. The summed E-state index contributed by atoms with van der Waals surface area (Å²) in [4.78, 5) is 25.1. The molecule has 1 aliphatic carbocycles. The van der Waals surface area contributed by atoms with E-state index in [1.807, 2.05) is 25.2 Å². The first kappa shape index (κ1) is 47.3. The van der Waals surface area contributed by atoms with Crippen molar-refractivity contribution in [2.45, 2.75) is 176 Å². The van der Waals surface area contributed by atoms with Crippen LogP contribution in [-0.4, -0.2) is 46.8 Å². The molecule has 294 valence electrons. The molecular formula is C43H79NO5Si2. The van der Waals surface area contributed by atoms with E-state index in [1.165, 1.54) is 31.3 Å². The number of carbonyl (C=O) groups is 2. The fourth-order valence-electron chi connectivity index (χ4n) is 7.02. The van der Waals surface area contributed by atoms with Crippen molar-refractivity contribution < 1.29 is 23.2 Å². The highest BCUT2D eigenvalue weighted by Crippen LogP contribution is 2.42. The van der Waals surface area contributed by atoms with Gasteiger partial charge in [-0.25, -0.2) is 4.79 Å². The first-order chi connectivity index (χ1) is 23.2. The molecule has 0 aromatic carbocycles. The second-order valence-corrected chi connectivity index (χ2v) is 28.5. The third kappa shape index (κ3) is 15.3. The van der Waals surface area contributed by atoms with Gasteiger partial charge in [-0.1, -0.05) is 144 Å². The molecule has 1 fully saturated rings. The maximum Gasteiger partial charge on any atom is 0.404 e.